The van der Waals surface area contributed by atoms with E-state index in [9.17, 15) is 9.90 Å². The summed E-state index contributed by atoms with van der Waals surface area (Å²) in [7, 11) is 0. The zero-order valence-electron chi connectivity index (χ0n) is 12.0. The van der Waals surface area contributed by atoms with Crippen LogP contribution in [0.2, 0.25) is 5.02 Å². The second-order valence-corrected chi connectivity index (χ2v) is 5.92. The number of likely N-dealkylation sites (tertiary alicyclic amines) is 1. The maximum atomic E-state index is 11.9. The van der Waals surface area contributed by atoms with E-state index in [1.165, 1.54) is 0 Å². The molecule has 1 fully saturated rings. The number of benzene rings is 1. The predicted octanol–water partition coefficient (Wildman–Crippen LogP) is 0.393. The Morgan fingerprint density at radius 3 is 2.81 bits per heavy atom. The first-order valence-corrected chi connectivity index (χ1v) is 7.59. The van der Waals surface area contributed by atoms with Gasteiger partial charge in [0.15, 0.2) is 0 Å². The molecule has 1 saturated heterocycles. The van der Waals surface area contributed by atoms with Gasteiger partial charge >= 0.3 is 0 Å². The first kappa shape index (κ1) is 16.2. The Bertz CT molecular complexity index is 466. The summed E-state index contributed by atoms with van der Waals surface area (Å²) in [6.07, 6.45) is 0.955. The Morgan fingerprint density at radius 2 is 2.14 bits per heavy atom. The van der Waals surface area contributed by atoms with Crippen LogP contribution in [0.4, 0.5) is 0 Å². The van der Waals surface area contributed by atoms with Crippen LogP contribution in [0.5, 0.6) is 0 Å². The van der Waals surface area contributed by atoms with E-state index in [-0.39, 0.29) is 11.9 Å². The van der Waals surface area contributed by atoms with Crippen molar-refractivity contribution in [3.8, 4) is 0 Å². The maximum Gasteiger partial charge on any atom is 0.234 e. The average molecular weight is 312 g/mol. The van der Waals surface area contributed by atoms with Crippen LogP contribution < -0.4 is 11.1 Å². The van der Waals surface area contributed by atoms with Crippen LogP contribution in [0.3, 0.4) is 0 Å². The van der Waals surface area contributed by atoms with Gasteiger partial charge in [0.2, 0.25) is 5.91 Å². The molecule has 0 spiro atoms. The number of nitrogens with two attached hydrogens (primary N) is 1. The molecule has 4 N–H and O–H groups in total. The van der Waals surface area contributed by atoms with Crippen molar-refractivity contribution in [1.82, 2.24) is 10.2 Å². The van der Waals surface area contributed by atoms with E-state index in [0.717, 1.165) is 24.9 Å². The molecule has 0 saturated carbocycles. The number of hydrogen-bond acceptors (Lipinski definition) is 4. The highest BCUT2D eigenvalue weighted by molar-refractivity contribution is 6.30. The molecule has 0 bridgehead atoms. The van der Waals surface area contributed by atoms with Crippen molar-refractivity contribution in [3.63, 3.8) is 0 Å². The van der Waals surface area contributed by atoms with Crippen molar-refractivity contribution >= 4 is 17.5 Å². The van der Waals surface area contributed by atoms with Crippen LogP contribution in [0.15, 0.2) is 24.3 Å². The van der Waals surface area contributed by atoms with E-state index < -0.39 is 6.10 Å². The molecule has 21 heavy (non-hydrogen) atoms. The molecule has 0 aromatic heterocycles. The summed E-state index contributed by atoms with van der Waals surface area (Å²) in [5.74, 6) is -0.0216. The second kappa shape index (κ2) is 7.75. The van der Waals surface area contributed by atoms with E-state index in [1.54, 1.807) is 0 Å². The third-order valence-electron chi connectivity index (χ3n) is 3.73. The van der Waals surface area contributed by atoms with Gasteiger partial charge in [0.25, 0.3) is 0 Å². The number of halogens is 1. The Hall–Kier alpha value is -1.14. The summed E-state index contributed by atoms with van der Waals surface area (Å²) in [4.78, 5) is 13.8. The fraction of sp³-hybridized carbons (Fsp3) is 0.533. The third-order valence-corrected chi connectivity index (χ3v) is 3.99. The van der Waals surface area contributed by atoms with Crippen LogP contribution in [-0.4, -0.2) is 54.2 Å². The normalized spacial score (nSPS) is 23.0. The van der Waals surface area contributed by atoms with E-state index >= 15 is 0 Å². The van der Waals surface area contributed by atoms with Crippen molar-refractivity contribution in [2.75, 3.05) is 26.2 Å². The lowest BCUT2D eigenvalue weighted by atomic mass is 10.0. The largest absolute Gasteiger partial charge is 0.390 e. The topological polar surface area (TPSA) is 78.6 Å². The Balaban J connectivity index is 1.67. The van der Waals surface area contributed by atoms with Crippen molar-refractivity contribution in [1.29, 1.82) is 0 Å². The predicted molar refractivity (Wildman–Crippen MR) is 83.2 cm³/mol. The van der Waals surface area contributed by atoms with Gasteiger partial charge in [-0.2, -0.15) is 0 Å². The van der Waals surface area contributed by atoms with E-state index in [2.05, 4.69) is 5.32 Å². The Labute approximate surface area is 130 Å². The zero-order chi connectivity index (χ0) is 15.2. The van der Waals surface area contributed by atoms with Crippen molar-refractivity contribution < 1.29 is 9.90 Å². The Kier molecular flexibility index (Phi) is 5.99. The number of hydrogen-bond donors (Lipinski definition) is 3. The van der Waals surface area contributed by atoms with Gasteiger partial charge in [-0.15, -0.1) is 0 Å². The van der Waals surface area contributed by atoms with Gasteiger partial charge in [0.05, 0.1) is 12.6 Å². The molecular weight excluding hydrogens is 290 g/mol. The molecule has 1 heterocycles. The van der Waals surface area contributed by atoms with E-state index in [1.807, 2.05) is 29.2 Å². The molecule has 0 unspecified atom stereocenters. The quantitative estimate of drug-likeness (QED) is 0.735. The highest BCUT2D eigenvalue weighted by Gasteiger charge is 2.25. The molecule has 1 aromatic carbocycles. The highest BCUT2D eigenvalue weighted by atomic mass is 35.5. The third kappa shape index (κ3) is 5.28. The number of carbonyl (C=O) groups is 1. The summed E-state index contributed by atoms with van der Waals surface area (Å²) in [6.45, 7) is 2.12. The van der Waals surface area contributed by atoms with Gasteiger partial charge in [-0.3, -0.25) is 9.69 Å². The lowest BCUT2D eigenvalue weighted by Crippen LogP contribution is -2.52. The van der Waals surface area contributed by atoms with Gasteiger partial charge in [-0.1, -0.05) is 23.7 Å². The summed E-state index contributed by atoms with van der Waals surface area (Å²) in [5, 5.41) is 13.3. The molecular formula is C15H22ClN3O2. The van der Waals surface area contributed by atoms with Crippen LogP contribution >= 0.6 is 11.6 Å². The summed E-state index contributed by atoms with van der Waals surface area (Å²) in [6, 6.07) is 7.43. The average Bonchev–Trinajstić information content (AvgIpc) is 2.45. The van der Waals surface area contributed by atoms with Crippen LogP contribution in [0.25, 0.3) is 0 Å². The molecule has 116 valence electrons. The van der Waals surface area contributed by atoms with Crippen LogP contribution in [0, 0.1) is 0 Å². The van der Waals surface area contributed by atoms with Gasteiger partial charge in [-0.05, 0) is 30.5 Å². The SMILES string of the molecule is N[C@@H]1CCN(CC(=O)NCCc2ccc(Cl)cc2)C[C@H]1O. The van der Waals surface area contributed by atoms with Gasteiger partial charge in [0, 0.05) is 30.7 Å². The number of rotatable bonds is 5. The zero-order valence-corrected chi connectivity index (χ0v) is 12.7. The molecule has 2 atom stereocenters. The number of nitrogens with zero attached hydrogens (tertiary/aromatic N) is 1. The van der Waals surface area contributed by atoms with Crippen molar-refractivity contribution in [2.24, 2.45) is 5.73 Å². The number of nitrogens with one attached hydrogen (secondary N) is 1. The fourth-order valence-corrected chi connectivity index (χ4v) is 2.54. The summed E-state index contributed by atoms with van der Waals surface area (Å²) < 4.78 is 0. The molecule has 6 heteroatoms. The number of carbonyl (C=O) groups excluding carboxylic acids is 1. The van der Waals surface area contributed by atoms with Crippen molar-refractivity contribution in [3.05, 3.63) is 34.9 Å². The van der Waals surface area contributed by atoms with Crippen molar-refractivity contribution in [2.45, 2.75) is 25.0 Å². The van der Waals surface area contributed by atoms with E-state index in [4.69, 9.17) is 17.3 Å². The summed E-state index contributed by atoms with van der Waals surface area (Å²) >= 11 is 5.82. The number of amides is 1. The molecule has 1 aliphatic rings. The molecule has 1 aromatic rings. The number of aliphatic hydroxyl groups is 1. The number of piperidine rings is 1. The number of β-amino-alcohol motifs (C(OH)–C–C–N with tert-alkyl or cyclic N) is 1. The summed E-state index contributed by atoms with van der Waals surface area (Å²) in [5.41, 5.74) is 6.88. The molecule has 1 aliphatic heterocycles. The molecule has 1 amide bonds. The minimum Gasteiger partial charge on any atom is -0.390 e. The molecule has 0 aliphatic carbocycles. The highest BCUT2D eigenvalue weighted by Crippen LogP contribution is 2.10. The van der Waals surface area contributed by atoms with Gasteiger partial charge in [-0.25, -0.2) is 0 Å². The first-order valence-electron chi connectivity index (χ1n) is 7.22. The first-order chi connectivity index (χ1) is 10.0. The van der Waals surface area contributed by atoms with Crippen LogP contribution in [-0.2, 0) is 11.2 Å². The lowest BCUT2D eigenvalue weighted by molar-refractivity contribution is -0.123. The van der Waals surface area contributed by atoms with Gasteiger partial charge in [0.1, 0.15) is 0 Å². The lowest BCUT2D eigenvalue weighted by Gasteiger charge is -2.33. The van der Waals surface area contributed by atoms with Crippen LogP contribution in [0.1, 0.15) is 12.0 Å². The Morgan fingerprint density at radius 1 is 1.43 bits per heavy atom. The van der Waals surface area contributed by atoms with E-state index in [0.29, 0.717) is 24.7 Å². The minimum atomic E-state index is -0.541. The van der Waals surface area contributed by atoms with Gasteiger partial charge < -0.3 is 16.2 Å². The minimum absolute atomic E-state index is 0.0216. The standard InChI is InChI=1S/C15H22ClN3O2/c16-12-3-1-11(2-4-12)5-7-18-15(21)10-19-8-6-13(17)14(20)9-19/h1-4,13-14,20H,5-10,17H2,(H,18,21)/t13-,14-/m1/s1. The molecule has 2 rings (SSSR count). The monoisotopic (exact) mass is 311 g/mol. The number of aliphatic hydroxyl groups excluding tert-OH is 1. The smallest absolute Gasteiger partial charge is 0.234 e. The maximum absolute atomic E-state index is 11.9. The second-order valence-electron chi connectivity index (χ2n) is 5.48. The molecule has 5 nitrogen and oxygen atoms in total. The molecule has 0 radical (unpaired) electrons. The fourth-order valence-electron chi connectivity index (χ4n) is 2.42.